The molecule has 0 saturated heterocycles. The van der Waals surface area contributed by atoms with Gasteiger partial charge in [-0.25, -0.2) is 5.43 Å². The highest BCUT2D eigenvalue weighted by atomic mass is 16.2. The first-order valence-corrected chi connectivity index (χ1v) is 7.12. The number of nitriles is 1. The first-order valence-electron chi connectivity index (χ1n) is 7.12. The SMILES string of the molecule is CC1=CC(C)(C)N(C)c2ccc(/C=N\NC(=O)CC#N)cc21. The number of hydrazone groups is 1. The molecule has 0 saturated carbocycles. The van der Waals surface area contributed by atoms with Crippen molar-refractivity contribution in [1.29, 1.82) is 5.26 Å². The van der Waals surface area contributed by atoms with Gasteiger partial charge in [0.15, 0.2) is 0 Å². The lowest BCUT2D eigenvalue weighted by Crippen LogP contribution is -2.42. The van der Waals surface area contributed by atoms with Crippen molar-refractivity contribution in [1.82, 2.24) is 5.43 Å². The second kappa shape index (κ2) is 6.02. The summed E-state index contributed by atoms with van der Waals surface area (Å²) in [6.45, 7) is 6.46. The minimum Gasteiger partial charge on any atom is -0.366 e. The number of likely N-dealkylation sites (N-methyl/N-ethyl adjacent to an activating group) is 1. The summed E-state index contributed by atoms with van der Waals surface area (Å²) in [5, 5.41) is 12.3. The van der Waals surface area contributed by atoms with Gasteiger partial charge < -0.3 is 4.90 Å². The number of carbonyl (C=O) groups is 1. The molecule has 5 nitrogen and oxygen atoms in total. The van der Waals surface area contributed by atoms with E-state index in [0.717, 1.165) is 11.1 Å². The Labute approximate surface area is 130 Å². The van der Waals surface area contributed by atoms with Gasteiger partial charge in [-0.05, 0) is 44.0 Å². The van der Waals surface area contributed by atoms with Crippen molar-refractivity contribution in [3.8, 4) is 6.07 Å². The Hall–Kier alpha value is -2.61. The van der Waals surface area contributed by atoms with Crippen molar-refractivity contribution in [2.24, 2.45) is 5.10 Å². The number of amides is 1. The molecule has 114 valence electrons. The van der Waals surface area contributed by atoms with Gasteiger partial charge >= 0.3 is 0 Å². The monoisotopic (exact) mass is 296 g/mol. The molecular formula is C17H20N4O. The lowest BCUT2D eigenvalue weighted by atomic mass is 9.89. The molecule has 0 unspecified atom stereocenters. The number of anilines is 1. The summed E-state index contributed by atoms with van der Waals surface area (Å²) < 4.78 is 0. The average Bonchev–Trinajstić information content (AvgIpc) is 2.45. The van der Waals surface area contributed by atoms with Gasteiger partial charge in [0.05, 0.1) is 17.8 Å². The summed E-state index contributed by atoms with van der Waals surface area (Å²) in [4.78, 5) is 13.4. The van der Waals surface area contributed by atoms with Gasteiger partial charge in [-0.2, -0.15) is 10.4 Å². The lowest BCUT2D eigenvalue weighted by Gasteiger charge is -2.40. The molecular weight excluding hydrogens is 276 g/mol. The van der Waals surface area contributed by atoms with Crippen molar-refractivity contribution >= 4 is 23.4 Å². The van der Waals surface area contributed by atoms with E-state index in [9.17, 15) is 4.79 Å². The molecule has 0 radical (unpaired) electrons. The third-order valence-electron chi connectivity index (χ3n) is 3.88. The van der Waals surface area contributed by atoms with Crippen LogP contribution in [0.1, 0.15) is 38.3 Å². The maximum atomic E-state index is 11.2. The topological polar surface area (TPSA) is 68.5 Å². The second-order valence-corrected chi connectivity index (χ2v) is 5.94. The predicted molar refractivity (Wildman–Crippen MR) is 88.5 cm³/mol. The predicted octanol–water partition coefficient (Wildman–Crippen LogP) is 2.68. The van der Waals surface area contributed by atoms with E-state index in [0.29, 0.717) is 0 Å². The number of nitrogens with zero attached hydrogens (tertiary/aromatic N) is 3. The van der Waals surface area contributed by atoms with Gasteiger partial charge in [0.25, 0.3) is 5.91 Å². The molecule has 5 heteroatoms. The van der Waals surface area contributed by atoms with E-state index < -0.39 is 5.91 Å². The molecule has 1 amide bonds. The van der Waals surface area contributed by atoms with Crippen LogP contribution in [0.4, 0.5) is 5.69 Å². The van der Waals surface area contributed by atoms with Crippen LogP contribution in [0.5, 0.6) is 0 Å². The molecule has 0 atom stereocenters. The number of carbonyl (C=O) groups excluding carboxylic acids is 1. The standard InChI is InChI=1S/C17H20N4O/c1-12-10-17(2,3)21(4)15-6-5-13(9-14(12)15)11-19-20-16(22)7-8-18/h5-6,9-11H,7H2,1-4H3,(H,20,22)/b19-11-. The minimum absolute atomic E-state index is 0.0159. The number of hydrogen-bond donors (Lipinski definition) is 1. The molecule has 1 aliphatic heterocycles. The fourth-order valence-electron chi connectivity index (χ4n) is 2.55. The Morgan fingerprint density at radius 3 is 2.91 bits per heavy atom. The summed E-state index contributed by atoms with van der Waals surface area (Å²) in [5.41, 5.74) is 6.77. The van der Waals surface area contributed by atoms with E-state index in [1.54, 1.807) is 12.3 Å². The molecule has 1 aromatic rings. The van der Waals surface area contributed by atoms with E-state index in [4.69, 9.17) is 5.26 Å². The number of rotatable bonds is 3. The van der Waals surface area contributed by atoms with Crippen LogP contribution < -0.4 is 10.3 Å². The second-order valence-electron chi connectivity index (χ2n) is 5.94. The normalized spacial score (nSPS) is 16.0. The molecule has 1 heterocycles. The number of nitrogens with one attached hydrogen (secondary N) is 1. The molecule has 0 spiro atoms. The van der Waals surface area contributed by atoms with Crippen LogP contribution in [-0.2, 0) is 4.79 Å². The molecule has 1 aliphatic rings. The van der Waals surface area contributed by atoms with E-state index in [-0.39, 0.29) is 12.0 Å². The Kier molecular flexibility index (Phi) is 4.32. The maximum absolute atomic E-state index is 11.2. The Balaban J connectivity index is 2.23. The molecule has 0 bridgehead atoms. The van der Waals surface area contributed by atoms with Gasteiger partial charge in [0.1, 0.15) is 6.42 Å². The van der Waals surface area contributed by atoms with E-state index >= 15 is 0 Å². The zero-order chi connectivity index (χ0) is 16.3. The van der Waals surface area contributed by atoms with Crippen molar-refractivity contribution in [3.63, 3.8) is 0 Å². The molecule has 1 aromatic carbocycles. The smallest absolute Gasteiger partial charge is 0.254 e. The molecule has 1 N–H and O–H groups in total. The number of benzene rings is 1. The summed E-state index contributed by atoms with van der Waals surface area (Å²) in [7, 11) is 2.08. The van der Waals surface area contributed by atoms with Gasteiger partial charge in [0.2, 0.25) is 0 Å². The van der Waals surface area contributed by atoms with Crippen LogP contribution in [0.15, 0.2) is 29.4 Å². The fraction of sp³-hybridized carbons (Fsp3) is 0.353. The average molecular weight is 296 g/mol. The lowest BCUT2D eigenvalue weighted by molar-refractivity contribution is -0.120. The summed E-state index contributed by atoms with van der Waals surface area (Å²) in [6, 6.07) is 7.85. The Morgan fingerprint density at radius 1 is 1.50 bits per heavy atom. The highest BCUT2D eigenvalue weighted by Crippen LogP contribution is 2.37. The highest BCUT2D eigenvalue weighted by molar-refractivity contribution is 5.88. The maximum Gasteiger partial charge on any atom is 0.254 e. The van der Waals surface area contributed by atoms with Crippen LogP contribution in [0.25, 0.3) is 5.57 Å². The molecule has 22 heavy (non-hydrogen) atoms. The van der Waals surface area contributed by atoms with E-state index in [1.807, 2.05) is 12.1 Å². The molecule has 2 rings (SSSR count). The number of hydrogen-bond acceptors (Lipinski definition) is 4. The summed E-state index contributed by atoms with van der Waals surface area (Å²) in [5.74, 6) is -0.408. The van der Waals surface area contributed by atoms with Gasteiger partial charge in [-0.3, -0.25) is 4.79 Å². The minimum atomic E-state index is -0.408. The third kappa shape index (κ3) is 3.17. The van der Waals surface area contributed by atoms with Gasteiger partial charge in [-0.1, -0.05) is 12.1 Å². The largest absolute Gasteiger partial charge is 0.366 e. The van der Waals surface area contributed by atoms with Crippen LogP contribution in [-0.4, -0.2) is 24.7 Å². The van der Waals surface area contributed by atoms with Gasteiger partial charge in [0, 0.05) is 18.3 Å². The third-order valence-corrected chi connectivity index (χ3v) is 3.88. The van der Waals surface area contributed by atoms with Crippen molar-refractivity contribution < 1.29 is 4.79 Å². The zero-order valence-electron chi connectivity index (χ0n) is 13.3. The fourth-order valence-corrected chi connectivity index (χ4v) is 2.55. The highest BCUT2D eigenvalue weighted by Gasteiger charge is 2.28. The Morgan fingerprint density at radius 2 is 2.23 bits per heavy atom. The zero-order valence-corrected chi connectivity index (χ0v) is 13.3. The number of allylic oxidation sites excluding steroid dienone is 1. The summed E-state index contributed by atoms with van der Waals surface area (Å²) >= 11 is 0. The van der Waals surface area contributed by atoms with Crippen molar-refractivity contribution in [2.45, 2.75) is 32.7 Å². The van der Waals surface area contributed by atoms with Crippen LogP contribution in [0.2, 0.25) is 0 Å². The molecule has 0 fully saturated rings. The van der Waals surface area contributed by atoms with Crippen LogP contribution in [0, 0.1) is 11.3 Å². The Bertz CT molecular complexity index is 695. The number of fused-ring (bicyclic) bond motifs is 1. The first kappa shape index (κ1) is 15.8. The first-order chi connectivity index (χ1) is 10.3. The van der Waals surface area contributed by atoms with Crippen LogP contribution >= 0.6 is 0 Å². The summed E-state index contributed by atoms with van der Waals surface area (Å²) in [6.07, 6.45) is 3.64. The molecule has 0 aliphatic carbocycles. The van der Waals surface area contributed by atoms with Gasteiger partial charge in [-0.15, -0.1) is 0 Å². The van der Waals surface area contributed by atoms with E-state index in [2.05, 4.69) is 55.4 Å². The quantitative estimate of drug-likeness (QED) is 0.688. The van der Waals surface area contributed by atoms with Crippen molar-refractivity contribution in [3.05, 3.63) is 35.4 Å². The van der Waals surface area contributed by atoms with E-state index in [1.165, 1.54) is 11.3 Å². The van der Waals surface area contributed by atoms with Crippen molar-refractivity contribution in [2.75, 3.05) is 11.9 Å². The van der Waals surface area contributed by atoms with Crippen LogP contribution in [0.3, 0.4) is 0 Å². The molecule has 0 aromatic heterocycles.